The zero-order valence-electron chi connectivity index (χ0n) is 13.0. The minimum atomic E-state index is 0.122. The third-order valence-corrected chi connectivity index (χ3v) is 3.47. The fourth-order valence-electron chi connectivity index (χ4n) is 2.33. The average Bonchev–Trinajstić information content (AvgIpc) is 2.44. The third-order valence-electron chi connectivity index (χ3n) is 3.47. The molecular weight excluding hydrogens is 248 g/mol. The lowest BCUT2D eigenvalue weighted by atomic mass is 10.1. The summed E-state index contributed by atoms with van der Waals surface area (Å²) in [5.74, 6) is 0.122. The Morgan fingerprint density at radius 1 is 1.15 bits per heavy atom. The van der Waals surface area contributed by atoms with Crippen molar-refractivity contribution in [3.63, 3.8) is 0 Å². The molecule has 1 atom stereocenters. The summed E-state index contributed by atoms with van der Waals surface area (Å²) in [7, 11) is 0. The van der Waals surface area contributed by atoms with E-state index in [1.54, 1.807) is 0 Å². The summed E-state index contributed by atoms with van der Waals surface area (Å²) in [6.07, 6.45) is 5.14. The van der Waals surface area contributed by atoms with Crippen LogP contribution in [0.25, 0.3) is 0 Å². The number of nitrogens with one attached hydrogen (secondary N) is 2. The molecule has 0 saturated carbocycles. The van der Waals surface area contributed by atoms with Crippen LogP contribution in [0.5, 0.6) is 0 Å². The van der Waals surface area contributed by atoms with Crippen LogP contribution in [0.2, 0.25) is 0 Å². The largest absolute Gasteiger partial charge is 0.326 e. The van der Waals surface area contributed by atoms with E-state index in [2.05, 4.69) is 37.5 Å². The van der Waals surface area contributed by atoms with Gasteiger partial charge >= 0.3 is 0 Å². The molecule has 0 aliphatic carbocycles. The summed E-state index contributed by atoms with van der Waals surface area (Å²) < 4.78 is 0. The van der Waals surface area contributed by atoms with Crippen molar-refractivity contribution in [3.8, 4) is 0 Å². The molecule has 0 aromatic heterocycles. The van der Waals surface area contributed by atoms with E-state index in [1.807, 2.05) is 18.2 Å². The van der Waals surface area contributed by atoms with Gasteiger partial charge in [0.05, 0.1) is 0 Å². The van der Waals surface area contributed by atoms with Crippen LogP contribution in [-0.2, 0) is 4.79 Å². The van der Waals surface area contributed by atoms with Crippen LogP contribution in [0.3, 0.4) is 0 Å². The highest BCUT2D eigenvalue weighted by molar-refractivity contribution is 5.91. The highest BCUT2D eigenvalue weighted by Gasteiger charge is 2.11. The molecule has 0 aliphatic rings. The van der Waals surface area contributed by atoms with Crippen molar-refractivity contribution >= 4 is 11.6 Å². The SMILES string of the molecule is CCCCCCC(=O)Nc1ccccc1C(C)NCC. The monoisotopic (exact) mass is 276 g/mol. The molecule has 0 aliphatic heterocycles. The minimum absolute atomic E-state index is 0.122. The first-order valence-electron chi connectivity index (χ1n) is 7.81. The summed E-state index contributed by atoms with van der Waals surface area (Å²) in [6, 6.07) is 8.28. The first kappa shape index (κ1) is 16.7. The Morgan fingerprint density at radius 2 is 1.90 bits per heavy atom. The molecule has 1 aromatic rings. The fraction of sp³-hybridized carbons (Fsp3) is 0.588. The number of unbranched alkanes of at least 4 members (excludes halogenated alkanes) is 3. The van der Waals surface area contributed by atoms with Crippen molar-refractivity contribution in [1.29, 1.82) is 0 Å². The van der Waals surface area contributed by atoms with Crippen LogP contribution in [0.4, 0.5) is 5.69 Å². The summed E-state index contributed by atoms with van der Waals surface area (Å²) in [5, 5.41) is 6.43. The lowest BCUT2D eigenvalue weighted by Gasteiger charge is -2.17. The standard InChI is InChI=1S/C17H28N2O/c1-4-6-7-8-13-17(20)19-16-12-10-9-11-15(16)14(3)18-5-2/h9-12,14,18H,4-8,13H2,1-3H3,(H,19,20). The molecule has 3 heteroatoms. The van der Waals surface area contributed by atoms with Crippen molar-refractivity contribution in [2.75, 3.05) is 11.9 Å². The van der Waals surface area contributed by atoms with Crippen molar-refractivity contribution in [3.05, 3.63) is 29.8 Å². The van der Waals surface area contributed by atoms with Gasteiger partial charge in [0, 0.05) is 18.2 Å². The van der Waals surface area contributed by atoms with E-state index in [4.69, 9.17) is 0 Å². The summed E-state index contributed by atoms with van der Waals surface area (Å²) in [6.45, 7) is 7.31. The number of para-hydroxylation sites is 1. The van der Waals surface area contributed by atoms with Crippen molar-refractivity contribution in [2.45, 2.75) is 58.9 Å². The zero-order valence-corrected chi connectivity index (χ0v) is 13.0. The van der Waals surface area contributed by atoms with E-state index < -0.39 is 0 Å². The molecule has 1 rings (SSSR count). The van der Waals surface area contributed by atoms with Gasteiger partial charge < -0.3 is 10.6 Å². The van der Waals surface area contributed by atoms with Crippen LogP contribution < -0.4 is 10.6 Å². The van der Waals surface area contributed by atoms with Gasteiger partial charge in [0.2, 0.25) is 5.91 Å². The van der Waals surface area contributed by atoms with E-state index >= 15 is 0 Å². The van der Waals surface area contributed by atoms with Gasteiger partial charge in [-0.15, -0.1) is 0 Å². The lowest BCUT2D eigenvalue weighted by Crippen LogP contribution is -2.20. The summed E-state index contributed by atoms with van der Waals surface area (Å²) in [4.78, 5) is 12.0. The van der Waals surface area contributed by atoms with Gasteiger partial charge in [-0.25, -0.2) is 0 Å². The second-order valence-electron chi connectivity index (χ2n) is 5.23. The molecular formula is C17H28N2O. The van der Waals surface area contributed by atoms with Crippen LogP contribution >= 0.6 is 0 Å². The van der Waals surface area contributed by atoms with E-state index in [0.717, 1.165) is 30.6 Å². The Balaban J connectivity index is 2.56. The normalized spacial score (nSPS) is 12.2. The minimum Gasteiger partial charge on any atom is -0.326 e. The van der Waals surface area contributed by atoms with Crippen LogP contribution in [-0.4, -0.2) is 12.5 Å². The van der Waals surface area contributed by atoms with E-state index in [-0.39, 0.29) is 11.9 Å². The van der Waals surface area contributed by atoms with Gasteiger partial charge in [0.25, 0.3) is 0 Å². The highest BCUT2D eigenvalue weighted by Crippen LogP contribution is 2.22. The van der Waals surface area contributed by atoms with Gasteiger partial charge in [0.15, 0.2) is 0 Å². The van der Waals surface area contributed by atoms with Gasteiger partial charge in [-0.3, -0.25) is 4.79 Å². The molecule has 0 bridgehead atoms. The Kier molecular flexibility index (Phi) is 7.97. The summed E-state index contributed by atoms with van der Waals surface area (Å²) in [5.41, 5.74) is 2.08. The number of carbonyl (C=O) groups excluding carboxylic acids is 1. The number of rotatable bonds is 9. The number of amides is 1. The van der Waals surface area contributed by atoms with Crippen molar-refractivity contribution in [2.24, 2.45) is 0 Å². The third kappa shape index (κ3) is 5.74. The predicted molar refractivity (Wildman–Crippen MR) is 85.9 cm³/mol. The van der Waals surface area contributed by atoms with Crippen molar-refractivity contribution in [1.82, 2.24) is 5.32 Å². The molecule has 0 radical (unpaired) electrons. The Bertz CT molecular complexity index is 404. The summed E-state index contributed by atoms with van der Waals surface area (Å²) >= 11 is 0. The van der Waals surface area contributed by atoms with Crippen LogP contribution in [0, 0.1) is 0 Å². The van der Waals surface area contributed by atoms with Gasteiger partial charge in [-0.1, -0.05) is 51.3 Å². The number of hydrogen-bond acceptors (Lipinski definition) is 2. The number of hydrogen-bond donors (Lipinski definition) is 2. The molecule has 2 N–H and O–H groups in total. The molecule has 112 valence electrons. The first-order valence-corrected chi connectivity index (χ1v) is 7.81. The second-order valence-corrected chi connectivity index (χ2v) is 5.23. The van der Waals surface area contributed by atoms with Gasteiger partial charge in [-0.2, -0.15) is 0 Å². The Morgan fingerprint density at radius 3 is 2.60 bits per heavy atom. The Labute approximate surface area is 123 Å². The fourth-order valence-corrected chi connectivity index (χ4v) is 2.33. The van der Waals surface area contributed by atoms with Crippen LogP contribution in [0.15, 0.2) is 24.3 Å². The molecule has 1 unspecified atom stereocenters. The molecule has 0 saturated heterocycles. The van der Waals surface area contributed by atoms with Gasteiger partial charge in [-0.05, 0) is 31.5 Å². The first-order chi connectivity index (χ1) is 9.69. The maximum Gasteiger partial charge on any atom is 0.224 e. The Hall–Kier alpha value is -1.35. The number of benzene rings is 1. The smallest absolute Gasteiger partial charge is 0.224 e. The molecule has 1 aromatic carbocycles. The molecule has 20 heavy (non-hydrogen) atoms. The number of carbonyl (C=O) groups is 1. The molecule has 0 fully saturated rings. The quantitative estimate of drug-likeness (QED) is 0.661. The van der Waals surface area contributed by atoms with Gasteiger partial charge in [0.1, 0.15) is 0 Å². The lowest BCUT2D eigenvalue weighted by molar-refractivity contribution is -0.116. The molecule has 0 spiro atoms. The maximum absolute atomic E-state index is 12.0. The highest BCUT2D eigenvalue weighted by atomic mass is 16.1. The van der Waals surface area contributed by atoms with Crippen molar-refractivity contribution < 1.29 is 4.79 Å². The number of anilines is 1. The van der Waals surface area contributed by atoms with E-state index in [0.29, 0.717) is 6.42 Å². The van der Waals surface area contributed by atoms with E-state index in [1.165, 1.54) is 12.8 Å². The molecule has 1 amide bonds. The average molecular weight is 276 g/mol. The molecule has 3 nitrogen and oxygen atoms in total. The second kappa shape index (κ2) is 9.54. The van der Waals surface area contributed by atoms with Crippen LogP contribution in [0.1, 0.15) is 64.5 Å². The maximum atomic E-state index is 12.0. The topological polar surface area (TPSA) is 41.1 Å². The predicted octanol–water partition coefficient (Wildman–Crippen LogP) is 4.27. The molecule has 0 heterocycles. The van der Waals surface area contributed by atoms with E-state index in [9.17, 15) is 4.79 Å². The zero-order chi connectivity index (χ0) is 14.8.